The van der Waals surface area contributed by atoms with Gasteiger partial charge in [0.15, 0.2) is 6.61 Å². The minimum absolute atomic E-state index is 0.148. The van der Waals surface area contributed by atoms with Crippen LogP contribution in [0.3, 0.4) is 0 Å². The quantitative estimate of drug-likeness (QED) is 0.437. The number of benzene rings is 1. The fourth-order valence-electron chi connectivity index (χ4n) is 3.77. The largest absolute Gasteiger partial charge is 0.452 e. The molecule has 2 fully saturated rings. The highest BCUT2D eigenvalue weighted by molar-refractivity contribution is 5.97. The Morgan fingerprint density at radius 3 is 2.46 bits per heavy atom. The van der Waals surface area contributed by atoms with Crippen LogP contribution in [0.2, 0.25) is 0 Å². The van der Waals surface area contributed by atoms with E-state index in [0.717, 1.165) is 45.2 Å². The molecule has 1 aromatic carbocycles. The Morgan fingerprint density at radius 1 is 1.14 bits per heavy atom. The topological polar surface area (TPSA) is 93.0 Å². The molecule has 0 saturated carbocycles. The lowest BCUT2D eigenvalue weighted by molar-refractivity contribution is -0.384. The van der Waals surface area contributed by atoms with Gasteiger partial charge < -0.3 is 14.5 Å². The second-order valence-corrected chi connectivity index (χ2v) is 7.65. The summed E-state index contributed by atoms with van der Waals surface area (Å²) in [6.45, 7) is 4.79. The second kappa shape index (κ2) is 9.03. The molecule has 0 radical (unpaired) electrons. The summed E-state index contributed by atoms with van der Waals surface area (Å²) in [6, 6.07) is 4.27. The van der Waals surface area contributed by atoms with Crippen molar-refractivity contribution in [3.63, 3.8) is 0 Å². The SMILES string of the molecule is CC1CCN(c2ccc([N+](=O)[O-])cc2C(=O)OCC(=O)N2CCCCC2)CC1. The highest BCUT2D eigenvalue weighted by Crippen LogP contribution is 2.30. The number of nitro benzene ring substituents is 1. The summed E-state index contributed by atoms with van der Waals surface area (Å²) in [4.78, 5) is 39.3. The maximum Gasteiger partial charge on any atom is 0.341 e. The zero-order valence-corrected chi connectivity index (χ0v) is 16.3. The Bertz CT molecular complexity index is 737. The van der Waals surface area contributed by atoms with Gasteiger partial charge in [-0.2, -0.15) is 0 Å². The van der Waals surface area contributed by atoms with Gasteiger partial charge in [-0.15, -0.1) is 0 Å². The van der Waals surface area contributed by atoms with E-state index in [-0.39, 0.29) is 23.8 Å². The van der Waals surface area contributed by atoms with Gasteiger partial charge in [0.1, 0.15) is 0 Å². The first-order chi connectivity index (χ1) is 13.5. The van der Waals surface area contributed by atoms with Crippen LogP contribution >= 0.6 is 0 Å². The molecule has 0 aromatic heterocycles. The molecule has 8 heteroatoms. The number of hydrogen-bond acceptors (Lipinski definition) is 6. The van der Waals surface area contributed by atoms with E-state index in [2.05, 4.69) is 11.8 Å². The third kappa shape index (κ3) is 4.79. The van der Waals surface area contributed by atoms with E-state index in [1.54, 1.807) is 11.0 Å². The number of amides is 1. The van der Waals surface area contributed by atoms with Crippen LogP contribution in [0.5, 0.6) is 0 Å². The van der Waals surface area contributed by atoms with Gasteiger partial charge in [-0.1, -0.05) is 6.92 Å². The van der Waals surface area contributed by atoms with Crippen LogP contribution in [-0.4, -0.2) is 54.5 Å². The molecule has 0 unspecified atom stereocenters. The summed E-state index contributed by atoms with van der Waals surface area (Å²) < 4.78 is 5.25. The van der Waals surface area contributed by atoms with Gasteiger partial charge in [0.2, 0.25) is 0 Å². The van der Waals surface area contributed by atoms with Crippen LogP contribution in [0.1, 0.15) is 49.4 Å². The monoisotopic (exact) mass is 389 g/mol. The Hall–Kier alpha value is -2.64. The van der Waals surface area contributed by atoms with Crippen molar-refractivity contribution in [2.75, 3.05) is 37.7 Å². The molecule has 1 amide bonds. The van der Waals surface area contributed by atoms with Gasteiger partial charge >= 0.3 is 5.97 Å². The second-order valence-electron chi connectivity index (χ2n) is 7.65. The molecule has 3 rings (SSSR count). The van der Waals surface area contributed by atoms with E-state index in [0.29, 0.717) is 24.7 Å². The van der Waals surface area contributed by atoms with Crippen molar-refractivity contribution in [3.8, 4) is 0 Å². The number of nitro groups is 1. The molecule has 0 bridgehead atoms. The molecule has 0 atom stereocenters. The lowest BCUT2D eigenvalue weighted by Crippen LogP contribution is -2.38. The molecule has 0 spiro atoms. The number of nitrogens with zero attached hydrogens (tertiary/aromatic N) is 3. The molecule has 2 aliphatic heterocycles. The van der Waals surface area contributed by atoms with Crippen molar-refractivity contribution in [1.82, 2.24) is 4.90 Å². The van der Waals surface area contributed by atoms with E-state index < -0.39 is 10.9 Å². The fraction of sp³-hybridized carbons (Fsp3) is 0.600. The number of likely N-dealkylation sites (tertiary alicyclic amines) is 1. The molecular weight excluding hydrogens is 362 g/mol. The zero-order chi connectivity index (χ0) is 20.1. The Kier molecular flexibility index (Phi) is 6.49. The van der Waals surface area contributed by atoms with E-state index in [9.17, 15) is 19.7 Å². The maximum atomic E-state index is 12.7. The van der Waals surface area contributed by atoms with Crippen molar-refractivity contribution >= 4 is 23.3 Å². The van der Waals surface area contributed by atoms with E-state index >= 15 is 0 Å². The minimum Gasteiger partial charge on any atom is -0.452 e. The van der Waals surface area contributed by atoms with Crippen LogP contribution < -0.4 is 4.90 Å². The van der Waals surface area contributed by atoms with Gasteiger partial charge in [0, 0.05) is 38.3 Å². The summed E-state index contributed by atoms with van der Waals surface area (Å²) in [6.07, 6.45) is 5.02. The Balaban J connectivity index is 1.73. The van der Waals surface area contributed by atoms with Gasteiger partial charge in [-0.25, -0.2) is 4.79 Å². The van der Waals surface area contributed by atoms with E-state index in [4.69, 9.17) is 4.74 Å². The molecule has 1 aromatic rings. The first-order valence-electron chi connectivity index (χ1n) is 9.94. The molecule has 0 N–H and O–H groups in total. The van der Waals surface area contributed by atoms with Crippen molar-refractivity contribution in [3.05, 3.63) is 33.9 Å². The molecule has 152 valence electrons. The smallest absolute Gasteiger partial charge is 0.341 e. The molecule has 8 nitrogen and oxygen atoms in total. The molecular formula is C20H27N3O5. The number of carbonyl (C=O) groups is 2. The van der Waals surface area contributed by atoms with Crippen LogP contribution in [-0.2, 0) is 9.53 Å². The molecule has 2 aliphatic rings. The average Bonchev–Trinajstić information content (AvgIpc) is 2.72. The Morgan fingerprint density at radius 2 is 1.82 bits per heavy atom. The number of hydrogen-bond donors (Lipinski definition) is 0. The highest BCUT2D eigenvalue weighted by atomic mass is 16.6. The predicted molar refractivity (Wildman–Crippen MR) is 104 cm³/mol. The number of carbonyl (C=O) groups excluding carboxylic acids is 2. The summed E-state index contributed by atoms with van der Waals surface area (Å²) in [5.41, 5.74) is 0.617. The van der Waals surface area contributed by atoms with Crippen LogP contribution in [0.25, 0.3) is 0 Å². The fourth-order valence-corrected chi connectivity index (χ4v) is 3.77. The third-order valence-electron chi connectivity index (χ3n) is 5.57. The molecule has 2 saturated heterocycles. The van der Waals surface area contributed by atoms with Crippen LogP contribution in [0.15, 0.2) is 18.2 Å². The molecule has 0 aliphatic carbocycles. The first-order valence-corrected chi connectivity index (χ1v) is 9.94. The summed E-state index contributed by atoms with van der Waals surface area (Å²) in [5.74, 6) is -0.290. The van der Waals surface area contributed by atoms with Crippen molar-refractivity contribution in [2.45, 2.75) is 39.0 Å². The average molecular weight is 389 g/mol. The van der Waals surface area contributed by atoms with Crippen LogP contribution in [0.4, 0.5) is 11.4 Å². The summed E-state index contributed by atoms with van der Waals surface area (Å²) >= 11 is 0. The summed E-state index contributed by atoms with van der Waals surface area (Å²) in [7, 11) is 0. The Labute approximate surface area is 164 Å². The molecule has 28 heavy (non-hydrogen) atoms. The third-order valence-corrected chi connectivity index (χ3v) is 5.57. The number of rotatable bonds is 5. The van der Waals surface area contributed by atoms with Gasteiger partial charge in [0.05, 0.1) is 16.2 Å². The number of anilines is 1. The number of esters is 1. The van der Waals surface area contributed by atoms with Gasteiger partial charge in [-0.05, 0) is 44.1 Å². The van der Waals surface area contributed by atoms with Crippen molar-refractivity contribution in [2.24, 2.45) is 5.92 Å². The van der Waals surface area contributed by atoms with Crippen molar-refractivity contribution < 1.29 is 19.2 Å². The maximum absolute atomic E-state index is 12.7. The van der Waals surface area contributed by atoms with Gasteiger partial charge in [0.25, 0.3) is 11.6 Å². The van der Waals surface area contributed by atoms with Gasteiger partial charge in [-0.3, -0.25) is 14.9 Å². The standard InChI is InChI=1S/C20H27N3O5/c1-15-7-11-21(12-8-15)18-6-5-16(23(26)27)13-17(18)20(25)28-14-19(24)22-9-3-2-4-10-22/h5-6,13,15H,2-4,7-12,14H2,1H3. The van der Waals surface area contributed by atoms with E-state index in [1.165, 1.54) is 12.1 Å². The predicted octanol–water partition coefficient (Wildman–Crippen LogP) is 3.00. The minimum atomic E-state index is -0.692. The number of piperidine rings is 2. The molecule has 2 heterocycles. The summed E-state index contributed by atoms with van der Waals surface area (Å²) in [5, 5.41) is 11.2. The normalized spacial score (nSPS) is 18.0. The van der Waals surface area contributed by atoms with Crippen LogP contribution in [0, 0.1) is 16.0 Å². The van der Waals surface area contributed by atoms with E-state index in [1.807, 2.05) is 0 Å². The first kappa shape index (κ1) is 20.1. The lowest BCUT2D eigenvalue weighted by atomic mass is 9.98. The number of non-ortho nitro benzene ring substituents is 1. The number of ether oxygens (including phenoxy) is 1. The highest BCUT2D eigenvalue weighted by Gasteiger charge is 2.25. The zero-order valence-electron chi connectivity index (χ0n) is 16.3. The van der Waals surface area contributed by atoms with Crippen molar-refractivity contribution in [1.29, 1.82) is 0 Å². The lowest BCUT2D eigenvalue weighted by Gasteiger charge is -2.33.